The third-order valence-corrected chi connectivity index (χ3v) is 5.86. The largest absolute Gasteiger partial charge is 0.477 e. The zero-order valence-electron chi connectivity index (χ0n) is 17.9. The van der Waals surface area contributed by atoms with Crippen molar-refractivity contribution in [3.63, 3.8) is 0 Å². The number of nitrogens with zero attached hydrogens (tertiary/aromatic N) is 5. The Balaban J connectivity index is 2.06. The molecule has 0 amide bonds. The minimum Gasteiger partial charge on any atom is -0.477 e. The van der Waals surface area contributed by atoms with E-state index < -0.39 is 5.97 Å². The quantitative estimate of drug-likeness (QED) is 0.646. The minimum atomic E-state index is -1.01. The van der Waals surface area contributed by atoms with Gasteiger partial charge in [-0.2, -0.15) is 5.10 Å². The van der Waals surface area contributed by atoms with Crippen LogP contribution in [0, 0.1) is 0 Å². The van der Waals surface area contributed by atoms with Crippen LogP contribution in [0.1, 0.15) is 79.5 Å². The number of carbonyl (C=O) groups is 1. The summed E-state index contributed by atoms with van der Waals surface area (Å²) in [4.78, 5) is 27.6. The summed E-state index contributed by atoms with van der Waals surface area (Å²) in [5, 5.41) is 18.4. The molecule has 0 saturated heterocycles. The van der Waals surface area contributed by atoms with Gasteiger partial charge in [0.2, 0.25) is 5.95 Å². The summed E-state index contributed by atoms with van der Waals surface area (Å²) in [5.74, 6) is -0.0837. The third kappa shape index (κ3) is 3.51. The van der Waals surface area contributed by atoms with Gasteiger partial charge in [-0.1, -0.05) is 33.1 Å². The number of nitrogens with one attached hydrogen (secondary N) is 1. The highest BCUT2D eigenvalue weighted by Crippen LogP contribution is 2.44. The second-order valence-corrected chi connectivity index (χ2v) is 8.54. The van der Waals surface area contributed by atoms with Gasteiger partial charge < -0.3 is 10.0 Å². The Labute approximate surface area is 175 Å². The number of aromatic carboxylic acids is 1. The molecule has 0 unspecified atom stereocenters. The highest BCUT2D eigenvalue weighted by molar-refractivity contribution is 6.02. The van der Waals surface area contributed by atoms with E-state index in [1.54, 1.807) is 12.4 Å². The molecule has 3 heterocycles. The van der Waals surface area contributed by atoms with Crippen molar-refractivity contribution < 1.29 is 9.90 Å². The number of hydrogen-bond acceptors (Lipinski definition) is 6. The van der Waals surface area contributed by atoms with Gasteiger partial charge in [0.1, 0.15) is 0 Å². The lowest BCUT2D eigenvalue weighted by molar-refractivity contribution is 0.0688. The van der Waals surface area contributed by atoms with Crippen LogP contribution in [-0.4, -0.2) is 50.3 Å². The zero-order chi connectivity index (χ0) is 21.4. The number of fused-ring (bicyclic) bond motifs is 1. The molecule has 1 saturated carbocycles. The maximum absolute atomic E-state index is 12.2. The van der Waals surface area contributed by atoms with Crippen LogP contribution in [-0.2, 0) is 0 Å². The van der Waals surface area contributed by atoms with Gasteiger partial charge >= 0.3 is 5.97 Å². The van der Waals surface area contributed by atoms with Gasteiger partial charge in [0.25, 0.3) is 0 Å². The SMILES string of the molecule is CC(C)c1n[nH]c2nc(C(=O)O)c(C3CCCCC3)c(-c3cnc(N(C)C)nc3)c12. The number of rotatable bonds is 5. The first-order valence-corrected chi connectivity index (χ1v) is 10.5. The van der Waals surface area contributed by atoms with Crippen molar-refractivity contribution in [3.8, 4) is 11.1 Å². The first-order valence-electron chi connectivity index (χ1n) is 10.5. The molecular weight excluding hydrogens is 380 g/mol. The molecule has 8 heteroatoms. The Kier molecular flexibility index (Phi) is 5.40. The van der Waals surface area contributed by atoms with Gasteiger partial charge in [-0.15, -0.1) is 0 Å². The van der Waals surface area contributed by atoms with Gasteiger partial charge in [-0.05, 0) is 30.2 Å². The van der Waals surface area contributed by atoms with Gasteiger partial charge in [0, 0.05) is 37.6 Å². The van der Waals surface area contributed by atoms with Gasteiger partial charge in [-0.3, -0.25) is 5.10 Å². The van der Waals surface area contributed by atoms with Crippen LogP contribution >= 0.6 is 0 Å². The van der Waals surface area contributed by atoms with Crippen molar-refractivity contribution >= 4 is 23.0 Å². The van der Waals surface area contributed by atoms with Gasteiger partial charge in [0.05, 0.1) is 11.1 Å². The fraction of sp³-hybridized carbons (Fsp3) is 0.500. The number of carboxylic acid groups (broad SMARTS) is 1. The van der Waals surface area contributed by atoms with E-state index >= 15 is 0 Å². The lowest BCUT2D eigenvalue weighted by Gasteiger charge is -2.26. The lowest BCUT2D eigenvalue weighted by atomic mass is 9.79. The van der Waals surface area contributed by atoms with Crippen molar-refractivity contribution in [1.29, 1.82) is 0 Å². The summed E-state index contributed by atoms with van der Waals surface area (Å²) in [6.45, 7) is 4.16. The van der Waals surface area contributed by atoms with E-state index in [1.807, 2.05) is 19.0 Å². The van der Waals surface area contributed by atoms with E-state index in [9.17, 15) is 9.90 Å². The van der Waals surface area contributed by atoms with E-state index in [4.69, 9.17) is 0 Å². The molecule has 1 aliphatic rings. The smallest absolute Gasteiger partial charge is 0.354 e. The molecule has 2 N–H and O–H groups in total. The summed E-state index contributed by atoms with van der Waals surface area (Å²) in [5.41, 5.74) is 3.98. The molecule has 1 aliphatic carbocycles. The van der Waals surface area contributed by atoms with E-state index in [0.717, 1.165) is 53.5 Å². The van der Waals surface area contributed by atoms with E-state index in [1.165, 1.54) is 6.42 Å². The summed E-state index contributed by atoms with van der Waals surface area (Å²) in [7, 11) is 3.78. The first-order chi connectivity index (χ1) is 14.4. The second-order valence-electron chi connectivity index (χ2n) is 8.54. The molecule has 3 aromatic rings. The molecule has 3 aromatic heterocycles. The van der Waals surface area contributed by atoms with Crippen LogP contribution < -0.4 is 4.90 Å². The highest BCUT2D eigenvalue weighted by atomic mass is 16.4. The maximum Gasteiger partial charge on any atom is 0.354 e. The number of hydrogen-bond donors (Lipinski definition) is 2. The van der Waals surface area contributed by atoms with E-state index in [-0.39, 0.29) is 17.5 Å². The number of anilines is 1. The topological polar surface area (TPSA) is 108 Å². The molecule has 0 spiro atoms. The van der Waals surface area contributed by atoms with Crippen molar-refractivity contribution in [1.82, 2.24) is 25.1 Å². The minimum absolute atomic E-state index is 0.111. The Morgan fingerprint density at radius 3 is 2.40 bits per heavy atom. The molecule has 8 nitrogen and oxygen atoms in total. The molecule has 0 radical (unpaired) electrons. The molecule has 1 fully saturated rings. The van der Waals surface area contributed by atoms with Crippen molar-refractivity contribution in [2.45, 2.75) is 57.8 Å². The van der Waals surface area contributed by atoms with Gasteiger partial charge in [-0.25, -0.2) is 19.7 Å². The van der Waals surface area contributed by atoms with E-state index in [2.05, 4.69) is 39.0 Å². The maximum atomic E-state index is 12.2. The molecule has 4 rings (SSSR count). The first kappa shape index (κ1) is 20.3. The summed E-state index contributed by atoms with van der Waals surface area (Å²) >= 11 is 0. The summed E-state index contributed by atoms with van der Waals surface area (Å²) < 4.78 is 0. The van der Waals surface area contributed by atoms with E-state index in [0.29, 0.717) is 11.6 Å². The molecule has 0 aliphatic heterocycles. The van der Waals surface area contributed by atoms with Crippen molar-refractivity contribution in [2.75, 3.05) is 19.0 Å². The van der Waals surface area contributed by atoms with Crippen LogP contribution in [0.5, 0.6) is 0 Å². The Morgan fingerprint density at radius 1 is 1.17 bits per heavy atom. The van der Waals surface area contributed by atoms with Crippen LogP contribution in [0.4, 0.5) is 5.95 Å². The Hall–Kier alpha value is -3.03. The number of H-pyrrole nitrogens is 1. The van der Waals surface area contributed by atoms with Crippen molar-refractivity contribution in [2.24, 2.45) is 0 Å². The highest BCUT2D eigenvalue weighted by Gasteiger charge is 2.30. The van der Waals surface area contributed by atoms with Gasteiger partial charge in [0.15, 0.2) is 11.3 Å². The molecular formula is C22H28N6O2. The molecule has 30 heavy (non-hydrogen) atoms. The molecule has 0 atom stereocenters. The fourth-order valence-electron chi connectivity index (χ4n) is 4.45. The third-order valence-electron chi connectivity index (χ3n) is 5.86. The monoisotopic (exact) mass is 408 g/mol. The average molecular weight is 409 g/mol. The number of aromatic nitrogens is 5. The second kappa shape index (κ2) is 8.01. The Morgan fingerprint density at radius 2 is 1.83 bits per heavy atom. The summed E-state index contributed by atoms with van der Waals surface area (Å²) in [6.07, 6.45) is 8.88. The Bertz CT molecular complexity index is 1070. The predicted octanol–water partition coefficient (Wildman–Crippen LogP) is 4.35. The van der Waals surface area contributed by atoms with Crippen LogP contribution in [0.25, 0.3) is 22.2 Å². The average Bonchev–Trinajstić information content (AvgIpc) is 3.17. The normalized spacial score (nSPS) is 15.1. The number of carboxylic acids is 1. The fourth-order valence-corrected chi connectivity index (χ4v) is 4.45. The zero-order valence-corrected chi connectivity index (χ0v) is 17.9. The van der Waals surface area contributed by atoms with Crippen LogP contribution in [0.2, 0.25) is 0 Å². The number of pyridine rings is 1. The summed E-state index contributed by atoms with van der Waals surface area (Å²) in [6, 6.07) is 0. The van der Waals surface area contributed by atoms with Crippen LogP contribution in [0.15, 0.2) is 12.4 Å². The molecule has 0 bridgehead atoms. The standard InChI is InChI=1S/C22H28N6O2/c1-12(2)18-17-15(14-10-23-22(24-11-14)28(3)4)16(13-8-6-5-7-9-13)19(21(29)30)25-20(17)27-26-18/h10-13H,5-9H2,1-4H3,(H,29,30)(H,25,26,27). The molecule has 158 valence electrons. The predicted molar refractivity (Wildman–Crippen MR) is 116 cm³/mol. The molecule has 0 aromatic carbocycles. The lowest BCUT2D eigenvalue weighted by Crippen LogP contribution is -2.15. The van der Waals surface area contributed by atoms with Crippen molar-refractivity contribution in [3.05, 3.63) is 29.3 Å². The number of aromatic amines is 1. The van der Waals surface area contributed by atoms with Crippen LogP contribution in [0.3, 0.4) is 0 Å².